The van der Waals surface area contributed by atoms with Gasteiger partial charge in [-0.3, -0.25) is 4.79 Å². The minimum Gasteiger partial charge on any atom is -0.334 e. The molecule has 1 aliphatic heterocycles. The Bertz CT molecular complexity index is 601. The first-order chi connectivity index (χ1) is 9.33. The molecule has 3 heteroatoms. The van der Waals surface area contributed by atoms with Crippen molar-refractivity contribution in [2.75, 3.05) is 6.54 Å². The predicted octanol–water partition coefficient (Wildman–Crippen LogP) is 3.35. The molecular formula is C16H15NOS. The van der Waals surface area contributed by atoms with Gasteiger partial charge in [-0.25, -0.2) is 0 Å². The van der Waals surface area contributed by atoms with Gasteiger partial charge in [0.05, 0.1) is 0 Å². The number of nitrogens with zero attached hydrogens (tertiary/aromatic N) is 1. The quantitative estimate of drug-likeness (QED) is 0.766. The molecule has 0 saturated carbocycles. The first-order valence-electron chi connectivity index (χ1n) is 6.39. The van der Waals surface area contributed by atoms with Crippen molar-refractivity contribution in [3.05, 3.63) is 63.9 Å². The van der Waals surface area contributed by atoms with Gasteiger partial charge in [0.25, 0.3) is 0 Å². The molecule has 0 saturated heterocycles. The maximum atomic E-state index is 12.1. The molecule has 0 aliphatic carbocycles. The zero-order valence-corrected chi connectivity index (χ0v) is 11.4. The maximum Gasteiger partial charge on any atom is 0.246 e. The van der Waals surface area contributed by atoms with Crippen molar-refractivity contribution in [3.63, 3.8) is 0 Å². The van der Waals surface area contributed by atoms with E-state index in [0.717, 1.165) is 25.1 Å². The summed E-state index contributed by atoms with van der Waals surface area (Å²) in [4.78, 5) is 14.1. The Morgan fingerprint density at radius 2 is 2.05 bits per heavy atom. The van der Waals surface area contributed by atoms with Crippen molar-refractivity contribution in [2.45, 2.75) is 13.0 Å². The van der Waals surface area contributed by atoms with Gasteiger partial charge in [-0.05, 0) is 46.0 Å². The van der Waals surface area contributed by atoms with Gasteiger partial charge >= 0.3 is 0 Å². The number of amides is 1. The highest BCUT2D eigenvalue weighted by molar-refractivity contribution is 7.08. The Labute approximate surface area is 117 Å². The third-order valence-electron chi connectivity index (χ3n) is 3.40. The summed E-state index contributed by atoms with van der Waals surface area (Å²) in [5, 5.41) is 4.05. The Morgan fingerprint density at radius 3 is 2.84 bits per heavy atom. The predicted molar refractivity (Wildman–Crippen MR) is 78.9 cm³/mol. The third kappa shape index (κ3) is 2.76. The fourth-order valence-corrected chi connectivity index (χ4v) is 2.96. The lowest BCUT2D eigenvalue weighted by molar-refractivity contribution is -0.126. The molecule has 0 N–H and O–H groups in total. The van der Waals surface area contributed by atoms with Crippen molar-refractivity contribution < 1.29 is 4.79 Å². The second-order valence-corrected chi connectivity index (χ2v) is 5.45. The summed E-state index contributed by atoms with van der Waals surface area (Å²) in [6.07, 6.45) is 4.52. The Balaban J connectivity index is 1.69. The first-order valence-corrected chi connectivity index (χ1v) is 7.33. The Kier molecular flexibility index (Phi) is 3.47. The van der Waals surface area contributed by atoms with E-state index < -0.39 is 0 Å². The van der Waals surface area contributed by atoms with Gasteiger partial charge in [0.2, 0.25) is 5.91 Å². The van der Waals surface area contributed by atoms with E-state index in [2.05, 4.69) is 18.2 Å². The largest absolute Gasteiger partial charge is 0.334 e. The van der Waals surface area contributed by atoms with Gasteiger partial charge in [0, 0.05) is 19.2 Å². The highest BCUT2D eigenvalue weighted by atomic mass is 32.1. The standard InChI is InChI=1S/C16H15NOS/c18-16(6-5-13-8-10-19-12-13)17-9-7-14-3-1-2-4-15(14)11-17/h1-6,8,10,12H,7,9,11H2/b6-5+. The Hall–Kier alpha value is -1.87. The Morgan fingerprint density at radius 1 is 1.21 bits per heavy atom. The van der Waals surface area contributed by atoms with E-state index in [1.165, 1.54) is 11.1 Å². The van der Waals surface area contributed by atoms with Crippen molar-refractivity contribution in [1.29, 1.82) is 0 Å². The van der Waals surface area contributed by atoms with Crippen LogP contribution in [-0.2, 0) is 17.8 Å². The summed E-state index contributed by atoms with van der Waals surface area (Å²) in [5.41, 5.74) is 3.73. The molecule has 1 aromatic heterocycles. The molecule has 0 unspecified atom stereocenters. The van der Waals surface area contributed by atoms with Crippen molar-refractivity contribution >= 4 is 23.3 Å². The topological polar surface area (TPSA) is 20.3 Å². The molecule has 96 valence electrons. The highest BCUT2D eigenvalue weighted by Crippen LogP contribution is 2.19. The molecule has 0 radical (unpaired) electrons. The molecular weight excluding hydrogens is 254 g/mol. The van der Waals surface area contributed by atoms with Crippen LogP contribution >= 0.6 is 11.3 Å². The number of benzene rings is 1. The van der Waals surface area contributed by atoms with E-state index >= 15 is 0 Å². The number of hydrogen-bond donors (Lipinski definition) is 0. The van der Waals surface area contributed by atoms with Gasteiger partial charge in [-0.2, -0.15) is 11.3 Å². The molecule has 1 aromatic carbocycles. The van der Waals surface area contributed by atoms with E-state index in [-0.39, 0.29) is 5.91 Å². The number of hydrogen-bond acceptors (Lipinski definition) is 2. The smallest absolute Gasteiger partial charge is 0.246 e. The molecule has 2 nitrogen and oxygen atoms in total. The van der Waals surface area contributed by atoms with Crippen LogP contribution in [0.1, 0.15) is 16.7 Å². The van der Waals surface area contributed by atoms with Gasteiger partial charge in [-0.1, -0.05) is 24.3 Å². The van der Waals surface area contributed by atoms with Crippen molar-refractivity contribution in [1.82, 2.24) is 4.90 Å². The van der Waals surface area contributed by atoms with E-state index in [0.29, 0.717) is 0 Å². The van der Waals surface area contributed by atoms with Crippen LogP contribution < -0.4 is 0 Å². The normalized spacial score (nSPS) is 14.6. The molecule has 2 aromatic rings. The number of rotatable bonds is 2. The van der Waals surface area contributed by atoms with Gasteiger partial charge < -0.3 is 4.90 Å². The molecule has 0 atom stereocenters. The fraction of sp³-hybridized carbons (Fsp3) is 0.188. The third-order valence-corrected chi connectivity index (χ3v) is 4.11. The van der Waals surface area contributed by atoms with Crippen LogP contribution in [0, 0.1) is 0 Å². The number of thiophene rings is 1. The van der Waals surface area contributed by atoms with Crippen molar-refractivity contribution in [3.8, 4) is 0 Å². The summed E-state index contributed by atoms with van der Waals surface area (Å²) in [6.45, 7) is 1.53. The number of carbonyl (C=O) groups is 1. The first kappa shape index (κ1) is 12.2. The van der Waals surface area contributed by atoms with Crippen LogP contribution in [0.5, 0.6) is 0 Å². The lowest BCUT2D eigenvalue weighted by Gasteiger charge is -2.27. The van der Waals surface area contributed by atoms with E-state index in [4.69, 9.17) is 0 Å². The minimum absolute atomic E-state index is 0.0979. The van der Waals surface area contributed by atoms with Crippen molar-refractivity contribution in [2.24, 2.45) is 0 Å². The molecule has 3 rings (SSSR count). The monoisotopic (exact) mass is 269 g/mol. The maximum absolute atomic E-state index is 12.1. The van der Waals surface area contributed by atoms with Gasteiger partial charge in [0.1, 0.15) is 0 Å². The van der Waals surface area contributed by atoms with Crippen LogP contribution in [0.2, 0.25) is 0 Å². The zero-order chi connectivity index (χ0) is 13.1. The average Bonchev–Trinajstić information content (AvgIpc) is 2.97. The van der Waals surface area contributed by atoms with Gasteiger partial charge in [0.15, 0.2) is 0 Å². The summed E-state index contributed by atoms with van der Waals surface area (Å²) >= 11 is 1.64. The van der Waals surface area contributed by atoms with Crippen LogP contribution in [-0.4, -0.2) is 17.4 Å². The molecule has 0 bridgehead atoms. The van der Waals surface area contributed by atoms with E-state index in [1.54, 1.807) is 17.4 Å². The van der Waals surface area contributed by atoms with Crippen LogP contribution in [0.25, 0.3) is 6.08 Å². The molecule has 0 spiro atoms. The van der Waals surface area contributed by atoms with E-state index in [9.17, 15) is 4.79 Å². The van der Waals surface area contributed by atoms with E-state index in [1.807, 2.05) is 33.9 Å². The zero-order valence-electron chi connectivity index (χ0n) is 10.6. The lowest BCUT2D eigenvalue weighted by Crippen LogP contribution is -2.34. The lowest BCUT2D eigenvalue weighted by atomic mass is 10.00. The van der Waals surface area contributed by atoms with Crippen LogP contribution in [0.4, 0.5) is 0 Å². The van der Waals surface area contributed by atoms with Crippen LogP contribution in [0.15, 0.2) is 47.2 Å². The molecule has 1 amide bonds. The average molecular weight is 269 g/mol. The molecule has 0 fully saturated rings. The SMILES string of the molecule is O=C(/C=C/c1ccsc1)N1CCc2ccccc2C1. The fourth-order valence-electron chi connectivity index (χ4n) is 2.33. The molecule has 19 heavy (non-hydrogen) atoms. The van der Waals surface area contributed by atoms with Gasteiger partial charge in [-0.15, -0.1) is 0 Å². The summed E-state index contributed by atoms with van der Waals surface area (Å²) < 4.78 is 0. The molecule has 1 aliphatic rings. The summed E-state index contributed by atoms with van der Waals surface area (Å²) in [7, 11) is 0. The number of carbonyl (C=O) groups excluding carboxylic acids is 1. The minimum atomic E-state index is 0.0979. The summed E-state index contributed by atoms with van der Waals surface area (Å²) in [5.74, 6) is 0.0979. The summed E-state index contributed by atoms with van der Waals surface area (Å²) in [6, 6.07) is 10.4. The molecule has 2 heterocycles. The number of fused-ring (bicyclic) bond motifs is 1. The van der Waals surface area contributed by atoms with Crippen LogP contribution in [0.3, 0.4) is 0 Å². The second-order valence-electron chi connectivity index (χ2n) is 4.67. The second kappa shape index (κ2) is 5.41. The highest BCUT2D eigenvalue weighted by Gasteiger charge is 2.18.